The summed E-state index contributed by atoms with van der Waals surface area (Å²) < 4.78 is 5.57. The molecule has 0 amide bonds. The van der Waals surface area contributed by atoms with Gasteiger partial charge in [-0.3, -0.25) is 0 Å². The molecule has 5 rings (SSSR count). The number of carboxylic acids is 1. The molecule has 0 radical (unpaired) electrons. The van der Waals surface area contributed by atoms with E-state index in [-0.39, 0.29) is 11.2 Å². The lowest BCUT2D eigenvalue weighted by molar-refractivity contribution is -0.257. The fourth-order valence-corrected chi connectivity index (χ4v) is 5.15. The van der Waals surface area contributed by atoms with Crippen LogP contribution in [0.5, 0.6) is 0 Å². The van der Waals surface area contributed by atoms with Gasteiger partial charge in [0.05, 0.1) is 0 Å². The van der Waals surface area contributed by atoms with Gasteiger partial charge in [0.15, 0.2) is 0 Å². The van der Waals surface area contributed by atoms with Crippen LogP contribution < -0.4 is 5.11 Å². The van der Waals surface area contributed by atoms with Crippen LogP contribution in [-0.2, 0) is 5.41 Å². The molecule has 1 aromatic heterocycles. The van der Waals surface area contributed by atoms with Crippen LogP contribution in [0.15, 0.2) is 16.5 Å². The third-order valence-electron chi connectivity index (χ3n) is 5.37. The molecule has 1 heterocycles. The van der Waals surface area contributed by atoms with Gasteiger partial charge in [-0.2, -0.15) is 0 Å². The zero-order valence-electron chi connectivity index (χ0n) is 10.4. The second-order valence-electron chi connectivity index (χ2n) is 6.65. The SMILES string of the molecule is O=C([O-])c1ccc(C23CC4CC(CC(C4)C2)C3)o1. The smallest absolute Gasteiger partial charge is 0.149 e. The van der Waals surface area contributed by atoms with Crippen LogP contribution in [0, 0.1) is 17.8 Å². The topological polar surface area (TPSA) is 53.3 Å². The number of aromatic carboxylic acids is 1. The van der Waals surface area contributed by atoms with E-state index in [1.54, 1.807) is 6.07 Å². The van der Waals surface area contributed by atoms with Gasteiger partial charge in [0.1, 0.15) is 17.5 Å². The van der Waals surface area contributed by atoms with Crippen LogP contribution in [0.25, 0.3) is 0 Å². The third kappa shape index (κ3) is 1.39. The molecule has 0 unspecified atom stereocenters. The zero-order valence-corrected chi connectivity index (χ0v) is 10.4. The van der Waals surface area contributed by atoms with Gasteiger partial charge in [0.25, 0.3) is 0 Å². The molecule has 18 heavy (non-hydrogen) atoms. The highest BCUT2D eigenvalue weighted by Crippen LogP contribution is 2.60. The molecule has 0 saturated heterocycles. The second kappa shape index (κ2) is 3.40. The van der Waals surface area contributed by atoms with E-state index in [9.17, 15) is 9.90 Å². The maximum atomic E-state index is 10.8. The number of carbonyl (C=O) groups excluding carboxylic acids is 1. The first-order valence-electron chi connectivity index (χ1n) is 6.96. The molecule has 4 aliphatic rings. The van der Waals surface area contributed by atoms with Crippen molar-refractivity contribution in [2.45, 2.75) is 43.9 Å². The van der Waals surface area contributed by atoms with Crippen molar-refractivity contribution in [3.05, 3.63) is 23.7 Å². The number of hydrogen-bond donors (Lipinski definition) is 0. The molecule has 0 N–H and O–H groups in total. The third-order valence-corrected chi connectivity index (χ3v) is 5.37. The van der Waals surface area contributed by atoms with E-state index < -0.39 is 5.97 Å². The summed E-state index contributed by atoms with van der Waals surface area (Å²) in [6.07, 6.45) is 7.73. The quantitative estimate of drug-likeness (QED) is 0.801. The van der Waals surface area contributed by atoms with E-state index in [0.29, 0.717) is 0 Å². The van der Waals surface area contributed by atoms with E-state index in [4.69, 9.17) is 4.42 Å². The lowest BCUT2D eigenvalue weighted by Gasteiger charge is -2.55. The molecular weight excluding hydrogens is 228 g/mol. The first-order valence-corrected chi connectivity index (χ1v) is 6.96. The monoisotopic (exact) mass is 245 g/mol. The molecule has 4 saturated carbocycles. The minimum atomic E-state index is -1.20. The van der Waals surface area contributed by atoms with Crippen LogP contribution in [0.2, 0.25) is 0 Å². The van der Waals surface area contributed by atoms with Gasteiger partial charge in [0, 0.05) is 5.41 Å². The van der Waals surface area contributed by atoms with E-state index in [0.717, 1.165) is 23.5 Å². The average Bonchev–Trinajstić information content (AvgIpc) is 2.76. The Morgan fingerprint density at radius 1 is 1.11 bits per heavy atom. The van der Waals surface area contributed by atoms with E-state index in [2.05, 4.69) is 0 Å². The number of furan rings is 1. The standard InChI is InChI=1S/C15H18O3/c16-14(17)12-1-2-13(18-12)15-6-9-3-10(7-15)5-11(4-9)8-15/h1-2,9-11H,3-8H2,(H,16,17)/p-1. The molecule has 4 aliphatic carbocycles. The van der Waals surface area contributed by atoms with Crippen molar-refractivity contribution in [2.75, 3.05) is 0 Å². The Morgan fingerprint density at radius 2 is 1.67 bits per heavy atom. The van der Waals surface area contributed by atoms with Crippen LogP contribution in [0.4, 0.5) is 0 Å². The van der Waals surface area contributed by atoms with Crippen molar-refractivity contribution in [1.29, 1.82) is 0 Å². The lowest BCUT2D eigenvalue weighted by atomic mass is 9.49. The molecule has 0 atom stereocenters. The fraction of sp³-hybridized carbons (Fsp3) is 0.667. The van der Waals surface area contributed by atoms with Gasteiger partial charge in [-0.15, -0.1) is 0 Å². The Balaban J connectivity index is 1.72. The number of hydrogen-bond acceptors (Lipinski definition) is 3. The fourth-order valence-electron chi connectivity index (χ4n) is 5.15. The van der Waals surface area contributed by atoms with Crippen molar-refractivity contribution >= 4 is 5.97 Å². The molecule has 0 aliphatic heterocycles. The van der Waals surface area contributed by atoms with Crippen molar-refractivity contribution in [1.82, 2.24) is 0 Å². The van der Waals surface area contributed by atoms with Gasteiger partial charge >= 0.3 is 0 Å². The largest absolute Gasteiger partial charge is 0.542 e. The van der Waals surface area contributed by atoms with E-state index in [1.165, 1.54) is 38.5 Å². The van der Waals surface area contributed by atoms with Crippen LogP contribution in [0.1, 0.15) is 54.8 Å². The normalized spacial score (nSPS) is 41.2. The van der Waals surface area contributed by atoms with Crippen LogP contribution in [0.3, 0.4) is 0 Å². The summed E-state index contributed by atoms with van der Waals surface area (Å²) in [6, 6.07) is 3.43. The molecule has 4 bridgehead atoms. The first kappa shape index (κ1) is 10.7. The minimum absolute atomic E-state index is 0.0132. The highest BCUT2D eigenvalue weighted by atomic mass is 16.4. The zero-order chi connectivity index (χ0) is 12.3. The average molecular weight is 245 g/mol. The molecule has 0 aromatic carbocycles. The first-order chi connectivity index (χ1) is 8.64. The van der Waals surface area contributed by atoms with E-state index in [1.807, 2.05) is 6.07 Å². The summed E-state index contributed by atoms with van der Waals surface area (Å²) >= 11 is 0. The lowest BCUT2D eigenvalue weighted by Crippen LogP contribution is -2.48. The summed E-state index contributed by atoms with van der Waals surface area (Å²) in [5.41, 5.74) is 0.141. The number of carbonyl (C=O) groups is 1. The summed E-state index contributed by atoms with van der Waals surface area (Å²) in [4.78, 5) is 10.8. The Kier molecular flexibility index (Phi) is 2.01. The highest BCUT2D eigenvalue weighted by Gasteiger charge is 2.53. The van der Waals surface area contributed by atoms with Crippen molar-refractivity contribution in [2.24, 2.45) is 17.8 Å². The highest BCUT2D eigenvalue weighted by molar-refractivity contribution is 5.82. The predicted octanol–water partition coefficient (Wildman–Crippen LogP) is 2.11. The molecule has 1 aromatic rings. The molecule has 4 fully saturated rings. The van der Waals surface area contributed by atoms with Crippen molar-refractivity contribution in [3.8, 4) is 0 Å². The summed E-state index contributed by atoms with van der Waals surface area (Å²) in [5, 5.41) is 10.8. The number of rotatable bonds is 2. The van der Waals surface area contributed by atoms with Gasteiger partial charge in [-0.25, -0.2) is 0 Å². The summed E-state index contributed by atoms with van der Waals surface area (Å²) in [6.45, 7) is 0. The van der Waals surface area contributed by atoms with Gasteiger partial charge < -0.3 is 14.3 Å². The maximum Gasteiger partial charge on any atom is 0.149 e. The van der Waals surface area contributed by atoms with Crippen molar-refractivity contribution in [3.63, 3.8) is 0 Å². The molecule has 3 heteroatoms. The minimum Gasteiger partial charge on any atom is -0.542 e. The van der Waals surface area contributed by atoms with Crippen LogP contribution in [-0.4, -0.2) is 5.97 Å². The molecule has 0 spiro atoms. The van der Waals surface area contributed by atoms with Crippen LogP contribution >= 0.6 is 0 Å². The van der Waals surface area contributed by atoms with Gasteiger partial charge in [0.2, 0.25) is 0 Å². The van der Waals surface area contributed by atoms with Gasteiger partial charge in [-0.05, 0) is 68.4 Å². The van der Waals surface area contributed by atoms with E-state index >= 15 is 0 Å². The van der Waals surface area contributed by atoms with Crippen molar-refractivity contribution < 1.29 is 14.3 Å². The molecular formula is C15H17O3-. The summed E-state index contributed by atoms with van der Waals surface area (Å²) in [5.74, 6) is 2.21. The summed E-state index contributed by atoms with van der Waals surface area (Å²) in [7, 11) is 0. The molecule has 3 nitrogen and oxygen atoms in total. The Hall–Kier alpha value is -1.25. The van der Waals surface area contributed by atoms with Gasteiger partial charge in [-0.1, -0.05) is 0 Å². The predicted molar refractivity (Wildman–Crippen MR) is 62.9 cm³/mol. The Bertz CT molecular complexity index is 464. The maximum absolute atomic E-state index is 10.8. The number of carboxylic acid groups (broad SMARTS) is 1. The molecule has 96 valence electrons. The Labute approximate surface area is 106 Å². The second-order valence-corrected chi connectivity index (χ2v) is 6.65. The Morgan fingerprint density at radius 3 is 2.11 bits per heavy atom.